The lowest BCUT2D eigenvalue weighted by Crippen LogP contribution is -2.52. The first kappa shape index (κ1) is 18.8. The number of rotatable bonds is 6. The topological polar surface area (TPSA) is 91.2 Å². The molecule has 0 radical (unpaired) electrons. The smallest absolute Gasteiger partial charge is 0.217 e. The Balaban J connectivity index is 1.50. The average molecular weight is 402 g/mol. The number of aromatic nitrogens is 4. The minimum Gasteiger partial charge on any atom is -0.374 e. The van der Waals surface area contributed by atoms with Crippen molar-refractivity contribution in [1.29, 1.82) is 0 Å². The summed E-state index contributed by atoms with van der Waals surface area (Å²) in [6, 6.07) is 9.89. The van der Waals surface area contributed by atoms with Crippen LogP contribution < -0.4 is 5.32 Å². The average Bonchev–Trinajstić information content (AvgIpc) is 3.27. The molecule has 0 aliphatic carbocycles. The van der Waals surface area contributed by atoms with E-state index < -0.39 is 5.54 Å². The Morgan fingerprint density at radius 2 is 2.18 bits per heavy atom. The first-order valence-corrected chi connectivity index (χ1v) is 9.29. The fourth-order valence-corrected chi connectivity index (χ4v) is 3.63. The highest BCUT2D eigenvalue weighted by Crippen LogP contribution is 2.34. The number of fused-ring (bicyclic) bond motifs is 1. The molecule has 1 amide bonds. The van der Waals surface area contributed by atoms with Crippen LogP contribution in [0.4, 0.5) is 0 Å². The van der Waals surface area contributed by atoms with Gasteiger partial charge in [0.15, 0.2) is 10.8 Å². The molecule has 1 aliphatic heterocycles. The molecule has 0 unspecified atom stereocenters. The zero-order valence-corrected chi connectivity index (χ0v) is 16.1. The highest BCUT2D eigenvalue weighted by atomic mass is 35.5. The van der Waals surface area contributed by atoms with E-state index in [1.807, 2.05) is 34.9 Å². The van der Waals surface area contributed by atoms with E-state index in [2.05, 4.69) is 20.3 Å². The van der Waals surface area contributed by atoms with Crippen LogP contribution in [-0.4, -0.2) is 44.2 Å². The van der Waals surface area contributed by atoms with Crippen molar-refractivity contribution in [3.05, 3.63) is 53.7 Å². The number of ether oxygens (including phenoxy) is 2. The number of carbonyl (C=O) groups is 1. The molecule has 0 saturated carbocycles. The molecule has 2 aromatic heterocycles. The fraction of sp³-hybridized carbons (Fsp3) is 0.368. The molecule has 4 rings (SSSR count). The van der Waals surface area contributed by atoms with Crippen molar-refractivity contribution < 1.29 is 14.3 Å². The third-order valence-electron chi connectivity index (χ3n) is 4.67. The lowest BCUT2D eigenvalue weighted by Gasteiger charge is -2.28. The molecule has 28 heavy (non-hydrogen) atoms. The molecule has 1 aliphatic rings. The number of amides is 1. The number of benzene rings is 1. The maximum atomic E-state index is 11.8. The standard InChI is InChI=1S/C19H20ClN5O3/c1-13(26)24-19(9-27-8-14-5-3-2-4-6-14)7-15(28-10-19)25-12-23-16-17(20)21-11-22-18(16)25/h2-6,11-12,15H,7-10H2,1H3,(H,24,26)/t15-,19-/m1/s1. The van der Waals surface area contributed by atoms with Crippen molar-refractivity contribution in [2.24, 2.45) is 0 Å². The second kappa shape index (κ2) is 7.83. The van der Waals surface area contributed by atoms with Crippen LogP contribution in [0.15, 0.2) is 43.0 Å². The van der Waals surface area contributed by atoms with E-state index in [1.54, 1.807) is 6.33 Å². The van der Waals surface area contributed by atoms with Crippen LogP contribution in [0.25, 0.3) is 11.2 Å². The molecular weight excluding hydrogens is 382 g/mol. The molecule has 2 atom stereocenters. The predicted octanol–water partition coefficient (Wildman–Crippen LogP) is 2.49. The fourth-order valence-electron chi connectivity index (χ4n) is 3.46. The SMILES string of the molecule is CC(=O)N[C@]1(COCc2ccccc2)CO[C@@H](n2cnc3c(Cl)ncnc32)C1. The van der Waals surface area contributed by atoms with E-state index in [1.165, 1.54) is 13.3 Å². The molecule has 1 N–H and O–H groups in total. The molecule has 1 saturated heterocycles. The number of hydrogen-bond acceptors (Lipinski definition) is 6. The van der Waals surface area contributed by atoms with Crippen molar-refractivity contribution in [3.8, 4) is 0 Å². The van der Waals surface area contributed by atoms with E-state index >= 15 is 0 Å². The van der Waals surface area contributed by atoms with Crippen molar-refractivity contribution in [1.82, 2.24) is 24.8 Å². The van der Waals surface area contributed by atoms with Crippen molar-refractivity contribution in [2.45, 2.75) is 31.7 Å². The Morgan fingerprint density at radius 1 is 1.36 bits per heavy atom. The Labute approximate surface area is 166 Å². The minimum absolute atomic E-state index is 0.131. The Bertz CT molecular complexity index is 980. The van der Waals surface area contributed by atoms with Gasteiger partial charge in [0, 0.05) is 13.3 Å². The van der Waals surface area contributed by atoms with Gasteiger partial charge in [0.1, 0.15) is 18.1 Å². The van der Waals surface area contributed by atoms with Crippen LogP contribution in [0.3, 0.4) is 0 Å². The highest BCUT2D eigenvalue weighted by Gasteiger charge is 2.42. The third-order valence-corrected chi connectivity index (χ3v) is 4.95. The van der Waals surface area contributed by atoms with Gasteiger partial charge in [-0.2, -0.15) is 0 Å². The van der Waals surface area contributed by atoms with E-state index in [0.717, 1.165) is 5.56 Å². The van der Waals surface area contributed by atoms with E-state index in [0.29, 0.717) is 42.6 Å². The minimum atomic E-state index is -0.626. The third kappa shape index (κ3) is 3.84. The van der Waals surface area contributed by atoms with Gasteiger partial charge in [0.2, 0.25) is 5.91 Å². The van der Waals surface area contributed by atoms with E-state index in [-0.39, 0.29) is 12.1 Å². The van der Waals surface area contributed by atoms with Gasteiger partial charge >= 0.3 is 0 Å². The molecule has 3 aromatic rings. The zero-order chi connectivity index (χ0) is 19.6. The molecule has 8 nitrogen and oxygen atoms in total. The maximum Gasteiger partial charge on any atom is 0.217 e. The Hall–Kier alpha value is -2.55. The first-order valence-electron chi connectivity index (χ1n) is 8.91. The summed E-state index contributed by atoms with van der Waals surface area (Å²) in [4.78, 5) is 24.3. The summed E-state index contributed by atoms with van der Waals surface area (Å²) in [7, 11) is 0. The van der Waals surface area contributed by atoms with E-state index in [9.17, 15) is 4.79 Å². The normalized spacial score (nSPS) is 21.9. The monoisotopic (exact) mass is 401 g/mol. The Kier molecular flexibility index (Phi) is 5.25. The first-order chi connectivity index (χ1) is 13.6. The van der Waals surface area contributed by atoms with Gasteiger partial charge in [-0.25, -0.2) is 15.0 Å². The number of carbonyl (C=O) groups excluding carboxylic acids is 1. The van der Waals surface area contributed by atoms with Crippen LogP contribution >= 0.6 is 11.6 Å². The zero-order valence-electron chi connectivity index (χ0n) is 15.3. The highest BCUT2D eigenvalue weighted by molar-refractivity contribution is 6.33. The van der Waals surface area contributed by atoms with Gasteiger partial charge < -0.3 is 14.8 Å². The lowest BCUT2D eigenvalue weighted by atomic mass is 9.98. The van der Waals surface area contributed by atoms with Crippen LogP contribution in [0, 0.1) is 0 Å². The molecule has 0 spiro atoms. The second-order valence-electron chi connectivity index (χ2n) is 6.90. The largest absolute Gasteiger partial charge is 0.374 e. The van der Waals surface area contributed by atoms with Gasteiger partial charge in [-0.3, -0.25) is 9.36 Å². The summed E-state index contributed by atoms with van der Waals surface area (Å²) >= 11 is 6.08. The molecule has 9 heteroatoms. The lowest BCUT2D eigenvalue weighted by molar-refractivity contribution is -0.122. The predicted molar refractivity (Wildman–Crippen MR) is 103 cm³/mol. The van der Waals surface area contributed by atoms with Crippen molar-refractivity contribution in [3.63, 3.8) is 0 Å². The quantitative estimate of drug-likeness (QED) is 0.638. The number of hydrogen-bond donors (Lipinski definition) is 1. The maximum absolute atomic E-state index is 11.8. The number of nitrogens with zero attached hydrogens (tertiary/aromatic N) is 4. The van der Waals surface area contributed by atoms with Crippen LogP contribution in [0.1, 0.15) is 25.1 Å². The summed E-state index contributed by atoms with van der Waals surface area (Å²) in [6.45, 7) is 2.61. The van der Waals surface area contributed by atoms with Gasteiger partial charge in [0.05, 0.1) is 31.7 Å². The van der Waals surface area contributed by atoms with Gasteiger partial charge in [-0.05, 0) is 5.56 Å². The van der Waals surface area contributed by atoms with Crippen LogP contribution in [0.2, 0.25) is 5.15 Å². The Morgan fingerprint density at radius 3 is 2.96 bits per heavy atom. The molecule has 146 valence electrons. The van der Waals surface area contributed by atoms with Crippen molar-refractivity contribution >= 4 is 28.7 Å². The summed E-state index contributed by atoms with van der Waals surface area (Å²) in [5, 5.41) is 3.30. The second-order valence-corrected chi connectivity index (χ2v) is 7.26. The molecule has 1 fully saturated rings. The number of halogens is 1. The van der Waals surface area contributed by atoms with E-state index in [4.69, 9.17) is 21.1 Å². The summed E-state index contributed by atoms with van der Waals surface area (Å²) in [5.74, 6) is -0.131. The van der Waals surface area contributed by atoms with Crippen LogP contribution in [-0.2, 0) is 20.9 Å². The summed E-state index contributed by atoms with van der Waals surface area (Å²) in [5.41, 5.74) is 1.56. The number of nitrogens with one attached hydrogen (secondary N) is 1. The molecule has 0 bridgehead atoms. The number of imidazole rings is 1. The van der Waals surface area contributed by atoms with Gasteiger partial charge in [-0.1, -0.05) is 41.9 Å². The van der Waals surface area contributed by atoms with Crippen LogP contribution in [0.5, 0.6) is 0 Å². The van der Waals surface area contributed by atoms with Gasteiger partial charge in [0.25, 0.3) is 0 Å². The summed E-state index contributed by atoms with van der Waals surface area (Å²) in [6.07, 6.45) is 3.20. The summed E-state index contributed by atoms with van der Waals surface area (Å²) < 4.78 is 13.7. The molecule has 3 heterocycles. The van der Waals surface area contributed by atoms with Crippen molar-refractivity contribution in [2.75, 3.05) is 13.2 Å². The molecule has 1 aromatic carbocycles. The van der Waals surface area contributed by atoms with Gasteiger partial charge in [-0.15, -0.1) is 0 Å². The molecular formula is C19H20ClN5O3.